The van der Waals surface area contributed by atoms with Gasteiger partial charge in [0, 0.05) is 38.1 Å². The molecule has 0 aromatic heterocycles. The normalized spacial score (nSPS) is 48.9. The van der Waals surface area contributed by atoms with Gasteiger partial charge in [-0.25, -0.2) is 0 Å². The van der Waals surface area contributed by atoms with Gasteiger partial charge < -0.3 is 63.8 Å². The van der Waals surface area contributed by atoms with Crippen molar-refractivity contribution in [2.24, 2.45) is 17.8 Å². The summed E-state index contributed by atoms with van der Waals surface area (Å²) < 4.78 is 38.2. The quantitative estimate of drug-likeness (QED) is 0.215. The van der Waals surface area contributed by atoms with Crippen molar-refractivity contribution in [3.05, 3.63) is 0 Å². The number of hydrogen-bond acceptors (Lipinski definition) is 14. The number of rotatable bonds is 9. The van der Waals surface area contributed by atoms with Crippen LogP contribution in [0.4, 0.5) is 0 Å². The van der Waals surface area contributed by atoms with Gasteiger partial charge >= 0.3 is 5.97 Å². The Bertz CT molecular complexity index is 1220. The van der Waals surface area contributed by atoms with Crippen LogP contribution in [0, 0.1) is 17.8 Å². The molecule has 0 aromatic carbocycles. The van der Waals surface area contributed by atoms with E-state index in [0.717, 1.165) is 6.42 Å². The number of nitrogens with zero attached hydrogens (tertiary/aromatic N) is 2. The molecule has 0 spiro atoms. The molecule has 3 aliphatic rings. The molecule has 3 heterocycles. The third-order valence-electron chi connectivity index (χ3n) is 13.0. The van der Waals surface area contributed by atoms with Gasteiger partial charge in [0.2, 0.25) is 0 Å². The summed E-state index contributed by atoms with van der Waals surface area (Å²) >= 11 is 0. The minimum absolute atomic E-state index is 0.128. The standard InChI is InChI=1S/C41H78N2O12/c1-16-18-43-22-23(3)33(44)40(11,49)30(17-2)52-37(47)27(7)32(53-31-21-39(10,50-15)34(45)28(8)51-31)26(6)36(38(9,48)20-24(43)4)55-41(12)35(46)29(42(13)14)19-25(5)54-41/h23-36,44-46,48-49H,16-22H2,1-15H3/t23-,24+,25+,26-,27+,28+,29-,30+,31-,32-,33+,34+,35+,36+,38+,39-,40+,41-/m0/s1. The molecule has 0 bridgehead atoms. The number of carbonyl (C=O) groups is 1. The number of aliphatic hydroxyl groups is 5. The summed E-state index contributed by atoms with van der Waals surface area (Å²) in [7, 11) is 5.30. The van der Waals surface area contributed by atoms with Gasteiger partial charge in [-0.2, -0.15) is 0 Å². The Kier molecular flexibility index (Phi) is 16.6. The number of methoxy groups -OCH3 is 1. The highest BCUT2D eigenvalue weighted by atomic mass is 16.7. The van der Waals surface area contributed by atoms with Crippen molar-refractivity contribution in [2.45, 2.75) is 205 Å². The fourth-order valence-corrected chi connectivity index (χ4v) is 9.47. The van der Waals surface area contributed by atoms with Gasteiger partial charge in [0.1, 0.15) is 23.9 Å². The van der Waals surface area contributed by atoms with E-state index in [-0.39, 0.29) is 37.5 Å². The number of ether oxygens (including phenoxy) is 6. The Morgan fingerprint density at radius 2 is 1.55 bits per heavy atom. The van der Waals surface area contributed by atoms with Crippen molar-refractivity contribution in [1.29, 1.82) is 0 Å². The Morgan fingerprint density at radius 1 is 0.927 bits per heavy atom. The van der Waals surface area contributed by atoms with Crippen LogP contribution in [-0.2, 0) is 33.2 Å². The van der Waals surface area contributed by atoms with E-state index in [1.165, 1.54) is 14.0 Å². The van der Waals surface area contributed by atoms with Crippen molar-refractivity contribution in [3.8, 4) is 0 Å². The zero-order chi connectivity index (χ0) is 42.0. The van der Waals surface area contributed by atoms with Crippen molar-refractivity contribution in [3.63, 3.8) is 0 Å². The minimum atomic E-state index is -1.79. The fraction of sp³-hybridized carbons (Fsp3) is 0.976. The number of carbonyl (C=O) groups excluding carboxylic acids is 1. The second-order valence-corrected chi connectivity index (χ2v) is 18.3. The first kappa shape index (κ1) is 48.4. The predicted molar refractivity (Wildman–Crippen MR) is 208 cm³/mol. The molecule has 14 nitrogen and oxygen atoms in total. The molecule has 0 aromatic rings. The van der Waals surface area contributed by atoms with Crippen LogP contribution in [0.3, 0.4) is 0 Å². The first-order valence-electron chi connectivity index (χ1n) is 20.6. The van der Waals surface area contributed by atoms with Crippen LogP contribution < -0.4 is 0 Å². The molecule has 3 fully saturated rings. The fourth-order valence-electron chi connectivity index (χ4n) is 9.47. The Morgan fingerprint density at radius 3 is 2.09 bits per heavy atom. The highest BCUT2D eigenvalue weighted by Gasteiger charge is 2.55. The maximum Gasteiger partial charge on any atom is 0.311 e. The monoisotopic (exact) mass is 791 g/mol. The summed E-state index contributed by atoms with van der Waals surface area (Å²) in [5.41, 5.74) is -4.42. The van der Waals surface area contributed by atoms with Crippen LogP contribution in [-0.4, -0.2) is 165 Å². The smallest absolute Gasteiger partial charge is 0.311 e. The lowest BCUT2D eigenvalue weighted by Crippen LogP contribution is -2.65. The van der Waals surface area contributed by atoms with E-state index < -0.39 is 95.3 Å². The molecular weight excluding hydrogens is 712 g/mol. The van der Waals surface area contributed by atoms with Crippen LogP contribution in [0.25, 0.3) is 0 Å². The number of esters is 1. The first-order valence-corrected chi connectivity index (χ1v) is 20.6. The van der Waals surface area contributed by atoms with Gasteiger partial charge in [-0.1, -0.05) is 27.7 Å². The number of cyclic esters (lactones) is 1. The molecular formula is C41H78N2O12. The van der Waals surface area contributed by atoms with Gasteiger partial charge in [-0.15, -0.1) is 0 Å². The molecule has 14 heteroatoms. The maximum absolute atomic E-state index is 14.3. The second-order valence-electron chi connectivity index (χ2n) is 18.3. The average Bonchev–Trinajstić information content (AvgIpc) is 3.10. The lowest BCUT2D eigenvalue weighted by atomic mass is 9.78. The number of aliphatic hydroxyl groups excluding tert-OH is 3. The molecule has 0 aliphatic carbocycles. The van der Waals surface area contributed by atoms with E-state index in [4.69, 9.17) is 28.4 Å². The third kappa shape index (κ3) is 10.8. The van der Waals surface area contributed by atoms with Crippen LogP contribution in [0.15, 0.2) is 0 Å². The summed E-state index contributed by atoms with van der Waals surface area (Å²) in [5.74, 6) is -4.48. The molecule has 18 atom stereocenters. The first-order chi connectivity index (χ1) is 25.3. The van der Waals surface area contributed by atoms with Gasteiger partial charge in [-0.05, 0) is 108 Å². The molecule has 0 saturated carbocycles. The summed E-state index contributed by atoms with van der Waals surface area (Å²) in [6.07, 6.45) is -6.46. The van der Waals surface area contributed by atoms with Crippen LogP contribution >= 0.6 is 0 Å². The van der Waals surface area contributed by atoms with Crippen LogP contribution in [0.2, 0.25) is 0 Å². The van der Waals surface area contributed by atoms with Gasteiger partial charge in [0.25, 0.3) is 0 Å². The lowest BCUT2D eigenvalue weighted by molar-refractivity contribution is -0.361. The average molecular weight is 791 g/mol. The lowest BCUT2D eigenvalue weighted by Gasteiger charge is -2.52. The molecule has 0 amide bonds. The van der Waals surface area contributed by atoms with Gasteiger partial charge in [-0.3, -0.25) is 4.79 Å². The Hall–Kier alpha value is -1.01. The molecule has 3 saturated heterocycles. The van der Waals surface area contributed by atoms with E-state index in [0.29, 0.717) is 19.5 Å². The van der Waals surface area contributed by atoms with E-state index in [1.807, 2.05) is 46.7 Å². The Balaban J connectivity index is 2.26. The van der Waals surface area contributed by atoms with E-state index >= 15 is 0 Å². The van der Waals surface area contributed by atoms with Crippen LogP contribution in [0.1, 0.15) is 115 Å². The number of likely N-dealkylation sites (N-methyl/N-ethyl adjacent to an activating group) is 1. The van der Waals surface area contributed by atoms with Crippen molar-refractivity contribution < 1.29 is 58.7 Å². The molecule has 55 heavy (non-hydrogen) atoms. The van der Waals surface area contributed by atoms with E-state index in [9.17, 15) is 30.3 Å². The minimum Gasteiger partial charge on any atom is -0.459 e. The summed E-state index contributed by atoms with van der Waals surface area (Å²) in [6, 6.07) is -0.544. The van der Waals surface area contributed by atoms with Gasteiger partial charge in [0.15, 0.2) is 12.1 Å². The van der Waals surface area contributed by atoms with E-state index in [2.05, 4.69) is 11.8 Å². The Labute approximate surface area is 331 Å². The van der Waals surface area contributed by atoms with Crippen molar-refractivity contribution in [2.75, 3.05) is 34.3 Å². The molecule has 0 radical (unpaired) electrons. The summed E-state index contributed by atoms with van der Waals surface area (Å²) in [6.45, 7) is 22.6. The van der Waals surface area contributed by atoms with Crippen molar-refractivity contribution in [1.82, 2.24) is 9.80 Å². The zero-order valence-electron chi connectivity index (χ0n) is 36.5. The SMILES string of the molecule is CCCN1C[C@H](C)[C@@H](O)[C@](C)(O)[C@@H](CC)OC(=O)[C@H](C)[C@@H](O[C@H]2C[C@](C)(OC)[C@H](O)[C@@H](C)O2)[C@H](C)[C@@H](O[C@]2(C)O[C@H](C)C[C@H](N(C)C)[C@H]2O)[C@](C)(O)C[C@H]1C. The second kappa shape index (κ2) is 18.9. The van der Waals surface area contributed by atoms with E-state index in [1.54, 1.807) is 41.5 Å². The van der Waals surface area contributed by atoms with Gasteiger partial charge in [0.05, 0.1) is 47.6 Å². The number of hydrogen-bond donors (Lipinski definition) is 5. The molecule has 3 rings (SSSR count). The molecule has 5 N–H and O–H groups in total. The third-order valence-corrected chi connectivity index (χ3v) is 13.0. The molecule has 0 unspecified atom stereocenters. The summed E-state index contributed by atoms with van der Waals surface area (Å²) in [4.78, 5) is 18.5. The molecule has 3 aliphatic heterocycles. The van der Waals surface area contributed by atoms with Crippen molar-refractivity contribution >= 4 is 5.97 Å². The molecule has 324 valence electrons. The summed E-state index contributed by atoms with van der Waals surface area (Å²) in [5, 5.41) is 59.1. The van der Waals surface area contributed by atoms with Crippen LogP contribution in [0.5, 0.6) is 0 Å². The maximum atomic E-state index is 14.3. The predicted octanol–water partition coefficient (Wildman–Crippen LogP) is 3.07. The topological polar surface area (TPSA) is 180 Å². The largest absolute Gasteiger partial charge is 0.459 e. The highest BCUT2D eigenvalue weighted by Crippen LogP contribution is 2.42. The highest BCUT2D eigenvalue weighted by molar-refractivity contribution is 5.73. The zero-order valence-corrected chi connectivity index (χ0v) is 36.5.